The lowest BCUT2D eigenvalue weighted by Crippen LogP contribution is -2.27. The van der Waals surface area contributed by atoms with E-state index < -0.39 is 11.8 Å². The molecule has 0 amide bonds. The van der Waals surface area contributed by atoms with Crippen molar-refractivity contribution < 1.29 is 19.1 Å². The third kappa shape index (κ3) is 5.86. The Morgan fingerprint density at radius 1 is 1.25 bits per heavy atom. The minimum atomic E-state index is -1.83. The Balaban J connectivity index is 4.35. The molecule has 0 rings (SSSR count). The van der Waals surface area contributed by atoms with Gasteiger partial charge in [0.25, 0.3) is 0 Å². The van der Waals surface area contributed by atoms with E-state index in [2.05, 4.69) is 9.98 Å². The third-order valence-electron chi connectivity index (χ3n) is 1.80. The van der Waals surface area contributed by atoms with Crippen LogP contribution in [0.4, 0.5) is 0 Å². The first-order valence-corrected chi connectivity index (χ1v) is 4.98. The molecule has 6 nitrogen and oxygen atoms in total. The van der Waals surface area contributed by atoms with Crippen molar-refractivity contribution in [1.82, 2.24) is 0 Å². The first-order chi connectivity index (χ1) is 7.58. The molecule has 0 saturated carbocycles. The number of aliphatic imine (C=N–C) groups is 2. The van der Waals surface area contributed by atoms with Crippen LogP contribution < -0.4 is 0 Å². The zero-order valence-electron chi connectivity index (χ0n) is 9.36. The van der Waals surface area contributed by atoms with Gasteiger partial charge in [-0.05, 0) is 6.42 Å². The van der Waals surface area contributed by atoms with Crippen LogP contribution in [0.25, 0.3) is 0 Å². The van der Waals surface area contributed by atoms with Gasteiger partial charge in [0.2, 0.25) is 12.2 Å². The monoisotopic (exact) mass is 226 g/mol. The quantitative estimate of drug-likeness (QED) is 0.284. The summed E-state index contributed by atoms with van der Waals surface area (Å²) in [6, 6.07) is 0. The molecular formula is C10H14N2O4. The summed E-state index contributed by atoms with van der Waals surface area (Å²) in [6.07, 6.45) is 5.14. The molecule has 88 valence electrons. The Hall–Kier alpha value is -1.77. The number of esters is 1. The highest BCUT2D eigenvalue weighted by Gasteiger charge is 2.27. The normalized spacial score (nSPS) is 12.9. The molecule has 0 saturated heterocycles. The minimum Gasteiger partial charge on any atom is -0.415 e. The van der Waals surface area contributed by atoms with Gasteiger partial charge in [-0.3, -0.25) is 4.79 Å². The third-order valence-corrected chi connectivity index (χ3v) is 1.80. The molecule has 0 radical (unpaired) electrons. The lowest BCUT2D eigenvalue weighted by molar-refractivity contribution is -0.156. The summed E-state index contributed by atoms with van der Waals surface area (Å²) < 4.78 is 4.77. The van der Waals surface area contributed by atoms with Crippen LogP contribution in [-0.2, 0) is 19.1 Å². The van der Waals surface area contributed by atoms with Crippen LogP contribution in [0.15, 0.2) is 9.98 Å². The smallest absolute Gasteiger partial charge is 0.318 e. The molecule has 0 aliphatic rings. The van der Waals surface area contributed by atoms with Crippen molar-refractivity contribution in [3.05, 3.63) is 0 Å². The molecule has 6 heteroatoms. The van der Waals surface area contributed by atoms with Crippen molar-refractivity contribution >= 4 is 18.1 Å². The summed E-state index contributed by atoms with van der Waals surface area (Å²) in [5.74, 6) is -2.39. The van der Waals surface area contributed by atoms with Gasteiger partial charge in [-0.2, -0.15) is 0 Å². The molecule has 0 fully saturated rings. The van der Waals surface area contributed by atoms with E-state index >= 15 is 0 Å². The largest absolute Gasteiger partial charge is 0.415 e. The van der Waals surface area contributed by atoms with Crippen molar-refractivity contribution in [1.29, 1.82) is 0 Å². The summed E-state index contributed by atoms with van der Waals surface area (Å²) in [4.78, 5) is 37.7. The number of hydrogen-bond donors (Lipinski definition) is 0. The number of rotatable bonds is 7. The van der Waals surface area contributed by atoms with Gasteiger partial charge >= 0.3 is 11.8 Å². The number of carbonyl (C=O) groups excluding carboxylic acids is 3. The van der Waals surface area contributed by atoms with E-state index in [4.69, 9.17) is 4.74 Å². The maximum absolute atomic E-state index is 11.3. The second kappa shape index (κ2) is 7.51. The second-order valence-electron chi connectivity index (χ2n) is 3.27. The van der Waals surface area contributed by atoms with Gasteiger partial charge in [-0.15, -0.1) is 9.98 Å². The molecule has 0 aliphatic carbocycles. The number of hydrogen-bond acceptors (Lipinski definition) is 6. The summed E-state index contributed by atoms with van der Waals surface area (Å²) in [6.45, 7) is 3.21. The molecule has 0 aromatic rings. The Kier molecular flexibility index (Phi) is 6.68. The van der Waals surface area contributed by atoms with E-state index in [9.17, 15) is 14.4 Å². The van der Waals surface area contributed by atoms with E-state index in [1.165, 1.54) is 19.1 Å². The lowest BCUT2D eigenvalue weighted by Gasteiger charge is -2.16. The number of carbonyl (C=O) groups is 1. The van der Waals surface area contributed by atoms with E-state index in [1.807, 2.05) is 6.92 Å². The number of isocyanates is 2. The fraction of sp³-hybridized carbons (Fsp3) is 0.700. The van der Waals surface area contributed by atoms with Crippen LogP contribution in [0.3, 0.4) is 0 Å². The average Bonchev–Trinajstić information content (AvgIpc) is 2.18. The van der Waals surface area contributed by atoms with Gasteiger partial charge in [0.05, 0.1) is 0 Å². The molecule has 0 heterocycles. The lowest BCUT2D eigenvalue weighted by atomic mass is 10.2. The number of ether oxygens (including phenoxy) is 1. The van der Waals surface area contributed by atoms with Crippen molar-refractivity contribution in [2.75, 3.05) is 0 Å². The standard InChI is InChI=1S/C10H14N2O4/c1-3-4-5-6-9(15)16-10(2,11-7-13)12-8-14/h3-6H2,1-2H3. The molecule has 0 unspecified atom stereocenters. The Bertz CT molecular complexity index is 310. The van der Waals surface area contributed by atoms with Crippen LogP contribution in [0.5, 0.6) is 0 Å². The van der Waals surface area contributed by atoms with Crippen LogP contribution >= 0.6 is 0 Å². The predicted molar refractivity (Wildman–Crippen MR) is 54.9 cm³/mol. The molecule has 0 aromatic carbocycles. The van der Waals surface area contributed by atoms with Crippen molar-refractivity contribution in [2.24, 2.45) is 9.98 Å². The minimum absolute atomic E-state index is 0.201. The molecule has 0 bridgehead atoms. The fourth-order valence-electron chi connectivity index (χ4n) is 1.03. The summed E-state index contributed by atoms with van der Waals surface area (Å²) in [5.41, 5.74) is 0. The van der Waals surface area contributed by atoms with Crippen molar-refractivity contribution in [3.8, 4) is 0 Å². The van der Waals surface area contributed by atoms with Crippen LogP contribution in [0.1, 0.15) is 39.5 Å². The average molecular weight is 226 g/mol. The Labute approximate surface area is 93.4 Å². The topological polar surface area (TPSA) is 85.2 Å². The van der Waals surface area contributed by atoms with Gasteiger partial charge in [-0.1, -0.05) is 19.8 Å². The molecule has 0 N–H and O–H groups in total. The SMILES string of the molecule is CCCCCC(=O)OC(C)(N=C=O)N=C=O. The van der Waals surface area contributed by atoms with Crippen LogP contribution in [0.2, 0.25) is 0 Å². The van der Waals surface area contributed by atoms with Gasteiger partial charge in [-0.25, -0.2) is 9.59 Å². The molecule has 16 heavy (non-hydrogen) atoms. The molecule has 0 aliphatic heterocycles. The second-order valence-corrected chi connectivity index (χ2v) is 3.27. The van der Waals surface area contributed by atoms with Crippen molar-refractivity contribution in [3.63, 3.8) is 0 Å². The first kappa shape index (κ1) is 14.2. The molecular weight excluding hydrogens is 212 g/mol. The predicted octanol–water partition coefficient (Wildman–Crippen LogP) is 1.46. The van der Waals surface area contributed by atoms with E-state index in [0.29, 0.717) is 6.42 Å². The highest BCUT2D eigenvalue weighted by molar-refractivity contribution is 5.70. The van der Waals surface area contributed by atoms with Crippen LogP contribution in [-0.4, -0.2) is 24.0 Å². The van der Waals surface area contributed by atoms with Crippen LogP contribution in [0, 0.1) is 0 Å². The van der Waals surface area contributed by atoms with Gasteiger partial charge in [0.15, 0.2) is 0 Å². The Morgan fingerprint density at radius 3 is 2.25 bits per heavy atom. The molecule has 0 aromatic heterocycles. The number of unbranched alkanes of at least 4 members (excludes halogenated alkanes) is 2. The maximum Gasteiger partial charge on any atom is 0.318 e. The maximum atomic E-state index is 11.3. The van der Waals surface area contributed by atoms with Gasteiger partial charge < -0.3 is 4.74 Å². The van der Waals surface area contributed by atoms with E-state index in [-0.39, 0.29) is 6.42 Å². The zero-order chi connectivity index (χ0) is 12.4. The Morgan fingerprint density at radius 2 is 1.81 bits per heavy atom. The van der Waals surface area contributed by atoms with Crippen molar-refractivity contribution in [2.45, 2.75) is 45.4 Å². The van der Waals surface area contributed by atoms with Gasteiger partial charge in [0.1, 0.15) is 0 Å². The summed E-state index contributed by atoms with van der Waals surface area (Å²) >= 11 is 0. The zero-order valence-corrected chi connectivity index (χ0v) is 9.36. The highest BCUT2D eigenvalue weighted by Crippen LogP contribution is 2.14. The highest BCUT2D eigenvalue weighted by atomic mass is 16.6. The molecule has 0 atom stereocenters. The summed E-state index contributed by atoms with van der Waals surface area (Å²) in [5, 5.41) is 0. The fourth-order valence-corrected chi connectivity index (χ4v) is 1.03. The van der Waals surface area contributed by atoms with Gasteiger partial charge in [0, 0.05) is 13.3 Å². The first-order valence-electron chi connectivity index (χ1n) is 4.98. The van der Waals surface area contributed by atoms with E-state index in [0.717, 1.165) is 12.8 Å². The number of nitrogens with zero attached hydrogens (tertiary/aromatic N) is 2. The van der Waals surface area contributed by atoms with E-state index in [1.54, 1.807) is 0 Å². The summed E-state index contributed by atoms with van der Waals surface area (Å²) in [7, 11) is 0. The molecule has 0 spiro atoms.